The van der Waals surface area contributed by atoms with Gasteiger partial charge in [0.1, 0.15) is 5.78 Å². The molecule has 0 unspecified atom stereocenters. The van der Waals surface area contributed by atoms with E-state index in [2.05, 4.69) is 0 Å². The van der Waals surface area contributed by atoms with Crippen molar-refractivity contribution in [2.45, 2.75) is 26.7 Å². The van der Waals surface area contributed by atoms with Gasteiger partial charge in [0.15, 0.2) is 0 Å². The molecule has 0 spiro atoms. The first-order valence-electron chi connectivity index (χ1n) is 2.92. The minimum atomic E-state index is 0.216. The summed E-state index contributed by atoms with van der Waals surface area (Å²) in [7, 11) is 0. The number of halogens is 1. The molecule has 0 N–H and O–H groups in total. The average Bonchev–Trinajstić information content (AvgIpc) is 1.83. The fourth-order valence-electron chi connectivity index (χ4n) is 0.428. The maximum absolute atomic E-state index is 10.4. The number of ketones is 1. The lowest BCUT2D eigenvalue weighted by molar-refractivity contribution is -0.116. The van der Waals surface area contributed by atoms with E-state index in [1.807, 2.05) is 6.92 Å². The van der Waals surface area contributed by atoms with Crippen LogP contribution in [-0.4, -0.2) is 5.78 Å². The van der Waals surface area contributed by atoms with E-state index >= 15 is 0 Å². The van der Waals surface area contributed by atoms with Crippen molar-refractivity contribution < 1.29 is 4.79 Å². The number of carbonyl (C=O) groups is 1. The highest BCUT2D eigenvalue weighted by molar-refractivity contribution is 6.25. The molecule has 0 aliphatic rings. The zero-order valence-electron chi connectivity index (χ0n) is 5.78. The molecule has 52 valence electrons. The van der Waals surface area contributed by atoms with E-state index in [1.54, 1.807) is 6.92 Å². The maximum Gasteiger partial charge on any atom is 0.130 e. The van der Waals surface area contributed by atoms with E-state index in [0.29, 0.717) is 6.42 Å². The molecule has 0 saturated heterocycles. The Morgan fingerprint density at radius 3 is 2.33 bits per heavy atom. The molecule has 0 bridgehead atoms. The van der Waals surface area contributed by atoms with Gasteiger partial charge in [0.25, 0.3) is 0 Å². The molecule has 0 aliphatic carbocycles. The molecule has 0 amide bonds. The molecule has 0 aromatic heterocycles. The molecular formula is C7H11ClO. The number of allylic oxidation sites excluding steroid dienone is 1. The number of hydrogen-bond acceptors (Lipinski definition) is 1. The van der Waals surface area contributed by atoms with Crippen LogP contribution in [0, 0.1) is 0 Å². The van der Waals surface area contributed by atoms with Gasteiger partial charge in [-0.15, -0.1) is 0 Å². The van der Waals surface area contributed by atoms with Crippen molar-refractivity contribution in [1.29, 1.82) is 0 Å². The molecule has 0 saturated carbocycles. The summed E-state index contributed by atoms with van der Waals surface area (Å²) in [5.74, 6) is 0.216. The lowest BCUT2D eigenvalue weighted by Crippen LogP contribution is -1.88. The van der Waals surface area contributed by atoms with Crippen molar-refractivity contribution in [3.05, 3.63) is 11.1 Å². The molecule has 0 rings (SSSR count). The van der Waals surface area contributed by atoms with Gasteiger partial charge in [-0.25, -0.2) is 0 Å². The van der Waals surface area contributed by atoms with Crippen LogP contribution in [0.25, 0.3) is 0 Å². The van der Waals surface area contributed by atoms with Crippen LogP contribution in [0.5, 0.6) is 0 Å². The quantitative estimate of drug-likeness (QED) is 0.598. The molecule has 1 nitrogen and oxygen atoms in total. The number of Topliss-reactive ketones (excluding diaryl/α,β-unsaturated/α-hetero) is 1. The molecule has 2 heteroatoms. The van der Waals surface area contributed by atoms with E-state index in [0.717, 1.165) is 12.0 Å². The Labute approximate surface area is 60.7 Å². The van der Waals surface area contributed by atoms with E-state index < -0.39 is 0 Å². The third-order valence-electron chi connectivity index (χ3n) is 1.06. The molecule has 9 heavy (non-hydrogen) atoms. The molecule has 0 heterocycles. The van der Waals surface area contributed by atoms with Crippen LogP contribution in [0.2, 0.25) is 0 Å². The minimum Gasteiger partial charge on any atom is -0.300 e. The molecule has 0 atom stereocenters. The first kappa shape index (κ1) is 8.70. The lowest BCUT2D eigenvalue weighted by atomic mass is 10.1. The molecule has 0 aromatic rings. The van der Waals surface area contributed by atoms with Crippen molar-refractivity contribution in [2.24, 2.45) is 0 Å². The third kappa shape index (κ3) is 5.57. The van der Waals surface area contributed by atoms with Gasteiger partial charge in [-0.2, -0.15) is 0 Å². The smallest absolute Gasteiger partial charge is 0.130 e. The van der Waals surface area contributed by atoms with Crippen LogP contribution in [0.4, 0.5) is 0 Å². The average molecular weight is 147 g/mol. The molecule has 0 aliphatic heterocycles. The normalized spacial score (nSPS) is 11.7. The highest BCUT2D eigenvalue weighted by atomic mass is 35.5. The summed E-state index contributed by atoms with van der Waals surface area (Å²) in [5.41, 5.74) is 2.58. The zero-order valence-corrected chi connectivity index (χ0v) is 6.53. The Bertz CT molecular complexity index is 127. The summed E-state index contributed by atoms with van der Waals surface area (Å²) in [6, 6.07) is 0. The second-order valence-corrected chi connectivity index (χ2v) is 2.38. The molecule has 0 radical (unpaired) electrons. The Hall–Kier alpha value is -0.300. The topological polar surface area (TPSA) is 17.1 Å². The standard InChI is InChI=1S/C7H11ClO/c1-6(5-8)3-4-7(2)9/h5H,3-4H2,1-2H3/b6-5+. The van der Waals surface area contributed by atoms with Gasteiger partial charge < -0.3 is 4.79 Å². The van der Waals surface area contributed by atoms with E-state index in [1.165, 1.54) is 5.54 Å². The monoisotopic (exact) mass is 146 g/mol. The fraction of sp³-hybridized carbons (Fsp3) is 0.571. The highest BCUT2D eigenvalue weighted by Crippen LogP contribution is 2.04. The molecular weight excluding hydrogens is 136 g/mol. The van der Waals surface area contributed by atoms with Gasteiger partial charge in [-0.3, -0.25) is 0 Å². The molecule has 0 aromatic carbocycles. The number of rotatable bonds is 3. The Morgan fingerprint density at radius 2 is 2.00 bits per heavy atom. The van der Waals surface area contributed by atoms with Gasteiger partial charge in [-0.05, 0) is 20.3 Å². The van der Waals surface area contributed by atoms with Gasteiger partial charge in [0.2, 0.25) is 0 Å². The van der Waals surface area contributed by atoms with Gasteiger partial charge in [-0.1, -0.05) is 17.2 Å². The van der Waals surface area contributed by atoms with E-state index in [-0.39, 0.29) is 5.78 Å². The predicted octanol–water partition coefficient (Wildman–Crippen LogP) is 2.50. The largest absolute Gasteiger partial charge is 0.300 e. The summed E-state index contributed by atoms with van der Waals surface area (Å²) < 4.78 is 0. The summed E-state index contributed by atoms with van der Waals surface area (Å²) in [4.78, 5) is 10.4. The van der Waals surface area contributed by atoms with Crippen LogP contribution >= 0.6 is 11.6 Å². The summed E-state index contributed by atoms with van der Waals surface area (Å²) in [6.07, 6.45) is 1.40. The van der Waals surface area contributed by atoms with Crippen LogP contribution < -0.4 is 0 Å². The predicted molar refractivity (Wildman–Crippen MR) is 39.5 cm³/mol. The second kappa shape index (κ2) is 4.57. The Balaban J connectivity index is 3.39. The Kier molecular flexibility index (Phi) is 4.41. The van der Waals surface area contributed by atoms with Crippen LogP contribution in [0.15, 0.2) is 11.1 Å². The van der Waals surface area contributed by atoms with Crippen molar-refractivity contribution >= 4 is 17.4 Å². The summed E-state index contributed by atoms with van der Waals surface area (Å²) >= 11 is 5.36. The van der Waals surface area contributed by atoms with Crippen LogP contribution in [0.3, 0.4) is 0 Å². The first-order chi connectivity index (χ1) is 4.16. The van der Waals surface area contributed by atoms with Crippen LogP contribution in [-0.2, 0) is 4.79 Å². The van der Waals surface area contributed by atoms with Gasteiger partial charge >= 0.3 is 0 Å². The number of carbonyl (C=O) groups excluding carboxylic acids is 1. The zero-order chi connectivity index (χ0) is 7.28. The first-order valence-corrected chi connectivity index (χ1v) is 3.35. The van der Waals surface area contributed by atoms with Gasteiger partial charge in [0.05, 0.1) is 0 Å². The van der Waals surface area contributed by atoms with Crippen molar-refractivity contribution in [3.63, 3.8) is 0 Å². The third-order valence-corrected chi connectivity index (χ3v) is 1.43. The van der Waals surface area contributed by atoms with Gasteiger partial charge in [0, 0.05) is 12.0 Å². The fourth-order valence-corrected chi connectivity index (χ4v) is 0.537. The highest BCUT2D eigenvalue weighted by Gasteiger charge is 1.92. The SMILES string of the molecule is CC(=O)CC/C(C)=C/Cl. The van der Waals surface area contributed by atoms with E-state index in [4.69, 9.17) is 11.6 Å². The van der Waals surface area contributed by atoms with Crippen molar-refractivity contribution in [3.8, 4) is 0 Å². The second-order valence-electron chi connectivity index (χ2n) is 2.16. The molecule has 0 fully saturated rings. The summed E-state index contributed by atoms with van der Waals surface area (Å²) in [5, 5.41) is 0. The van der Waals surface area contributed by atoms with Crippen LogP contribution in [0.1, 0.15) is 26.7 Å². The number of hydrogen-bond donors (Lipinski definition) is 0. The van der Waals surface area contributed by atoms with Crippen molar-refractivity contribution in [1.82, 2.24) is 0 Å². The maximum atomic E-state index is 10.4. The van der Waals surface area contributed by atoms with E-state index in [9.17, 15) is 4.79 Å². The lowest BCUT2D eigenvalue weighted by Gasteiger charge is -1.93. The summed E-state index contributed by atoms with van der Waals surface area (Å²) in [6.45, 7) is 3.50. The van der Waals surface area contributed by atoms with Crippen molar-refractivity contribution in [2.75, 3.05) is 0 Å². The Morgan fingerprint density at radius 1 is 1.44 bits per heavy atom. The minimum absolute atomic E-state index is 0.216.